The summed E-state index contributed by atoms with van der Waals surface area (Å²) in [6.07, 6.45) is 4.35. The SMILES string of the molecule is O=C(NCc1nccnc1Cl)C1CC2C(C1)C2C(=O)O. The number of hydrogen-bond donors (Lipinski definition) is 2. The lowest BCUT2D eigenvalue weighted by molar-refractivity contribution is -0.140. The average Bonchev–Trinajstić information content (AvgIpc) is 2.94. The molecule has 20 heavy (non-hydrogen) atoms. The standard InChI is InChI=1S/C13H14ClN3O3/c14-11-9(15-1-2-16-11)5-17-12(18)6-3-7-8(4-6)10(7)13(19)20/h1-2,6-8,10H,3-5H2,(H,17,18)(H,19,20). The van der Waals surface area contributed by atoms with Crippen molar-refractivity contribution in [2.45, 2.75) is 19.4 Å². The van der Waals surface area contributed by atoms with Crippen LogP contribution >= 0.6 is 11.6 Å². The fourth-order valence-corrected chi connectivity index (χ4v) is 3.38. The number of nitrogens with zero attached hydrogens (tertiary/aromatic N) is 2. The molecule has 0 saturated heterocycles. The molecular formula is C13H14ClN3O3. The molecule has 0 aromatic carbocycles. The minimum absolute atomic E-state index is 0.0527. The monoisotopic (exact) mass is 295 g/mol. The van der Waals surface area contributed by atoms with Gasteiger partial charge in [-0.1, -0.05) is 11.6 Å². The van der Waals surface area contributed by atoms with Crippen molar-refractivity contribution in [2.24, 2.45) is 23.7 Å². The molecule has 0 radical (unpaired) electrons. The summed E-state index contributed by atoms with van der Waals surface area (Å²) in [5, 5.41) is 12.0. The number of carbonyl (C=O) groups is 2. The third kappa shape index (κ3) is 2.35. The van der Waals surface area contributed by atoms with E-state index in [0.29, 0.717) is 18.5 Å². The van der Waals surface area contributed by atoms with E-state index in [1.165, 1.54) is 12.4 Å². The smallest absolute Gasteiger partial charge is 0.307 e. The lowest BCUT2D eigenvalue weighted by Crippen LogP contribution is -2.30. The lowest BCUT2D eigenvalue weighted by atomic mass is 9.99. The minimum atomic E-state index is -0.731. The van der Waals surface area contributed by atoms with E-state index in [2.05, 4.69) is 15.3 Å². The van der Waals surface area contributed by atoms with Gasteiger partial charge in [-0.25, -0.2) is 4.98 Å². The predicted octanol–water partition coefficient (Wildman–Crippen LogP) is 1.10. The number of nitrogens with one attached hydrogen (secondary N) is 1. The Morgan fingerprint density at radius 2 is 1.95 bits per heavy atom. The number of carboxylic acids is 1. The number of carboxylic acid groups (broad SMARTS) is 1. The number of amides is 1. The molecule has 2 fully saturated rings. The number of aromatic nitrogens is 2. The highest BCUT2D eigenvalue weighted by atomic mass is 35.5. The highest BCUT2D eigenvalue weighted by Crippen LogP contribution is 2.59. The number of hydrogen-bond acceptors (Lipinski definition) is 4. The zero-order chi connectivity index (χ0) is 14.3. The Kier molecular flexibility index (Phi) is 3.33. The molecule has 6 nitrogen and oxygen atoms in total. The van der Waals surface area contributed by atoms with Crippen molar-refractivity contribution in [3.8, 4) is 0 Å². The van der Waals surface area contributed by atoms with Gasteiger partial charge >= 0.3 is 5.97 Å². The van der Waals surface area contributed by atoms with Crippen molar-refractivity contribution in [3.05, 3.63) is 23.2 Å². The Labute approximate surface area is 120 Å². The predicted molar refractivity (Wildman–Crippen MR) is 69.7 cm³/mol. The van der Waals surface area contributed by atoms with Crippen LogP contribution in [-0.4, -0.2) is 27.0 Å². The highest BCUT2D eigenvalue weighted by molar-refractivity contribution is 6.29. The van der Waals surface area contributed by atoms with Gasteiger partial charge in [0, 0.05) is 18.3 Å². The molecule has 1 amide bonds. The van der Waals surface area contributed by atoms with E-state index in [-0.39, 0.29) is 41.3 Å². The van der Waals surface area contributed by atoms with Crippen molar-refractivity contribution < 1.29 is 14.7 Å². The largest absolute Gasteiger partial charge is 0.481 e. The van der Waals surface area contributed by atoms with Gasteiger partial charge in [-0.05, 0) is 24.7 Å². The Balaban J connectivity index is 1.50. The van der Waals surface area contributed by atoms with Crippen LogP contribution in [0.5, 0.6) is 0 Å². The summed E-state index contributed by atoms with van der Waals surface area (Å²) >= 11 is 5.86. The number of aliphatic carboxylic acids is 1. The number of halogens is 1. The second-order valence-electron chi connectivity index (χ2n) is 5.37. The molecule has 2 N–H and O–H groups in total. The van der Waals surface area contributed by atoms with E-state index in [0.717, 1.165) is 0 Å². The topological polar surface area (TPSA) is 92.2 Å². The maximum atomic E-state index is 12.0. The van der Waals surface area contributed by atoms with Crippen LogP contribution < -0.4 is 5.32 Å². The fourth-order valence-electron chi connectivity index (χ4n) is 3.21. The van der Waals surface area contributed by atoms with Crippen molar-refractivity contribution in [2.75, 3.05) is 0 Å². The molecule has 0 bridgehead atoms. The van der Waals surface area contributed by atoms with Crippen LogP contribution in [-0.2, 0) is 16.1 Å². The maximum Gasteiger partial charge on any atom is 0.307 e. The minimum Gasteiger partial charge on any atom is -0.481 e. The Morgan fingerprint density at radius 1 is 1.30 bits per heavy atom. The summed E-state index contributed by atoms with van der Waals surface area (Å²) in [4.78, 5) is 30.8. The molecule has 2 unspecified atom stereocenters. The normalized spacial score (nSPS) is 30.6. The summed E-state index contributed by atoms with van der Waals surface area (Å²) in [6.45, 7) is 0.250. The van der Waals surface area contributed by atoms with E-state index < -0.39 is 5.97 Å². The van der Waals surface area contributed by atoms with Gasteiger partial charge in [-0.15, -0.1) is 0 Å². The quantitative estimate of drug-likeness (QED) is 0.868. The first-order chi connectivity index (χ1) is 9.58. The molecule has 1 aromatic heterocycles. The summed E-state index contributed by atoms with van der Waals surface area (Å²) in [7, 11) is 0. The molecule has 0 spiro atoms. The van der Waals surface area contributed by atoms with Gasteiger partial charge < -0.3 is 10.4 Å². The Morgan fingerprint density at radius 3 is 2.55 bits per heavy atom. The van der Waals surface area contributed by atoms with Gasteiger partial charge in [0.25, 0.3) is 0 Å². The number of carbonyl (C=O) groups excluding carboxylic acids is 1. The van der Waals surface area contributed by atoms with Gasteiger partial charge in [0.2, 0.25) is 5.91 Å². The molecule has 0 aliphatic heterocycles. The fraction of sp³-hybridized carbons (Fsp3) is 0.538. The summed E-state index contributed by atoms with van der Waals surface area (Å²) in [6, 6.07) is 0. The number of rotatable bonds is 4. The third-order valence-corrected chi connectivity index (χ3v) is 4.57. The second kappa shape index (κ2) is 5.01. The highest BCUT2D eigenvalue weighted by Gasteiger charge is 2.60. The Bertz CT molecular complexity index is 554. The van der Waals surface area contributed by atoms with Crippen molar-refractivity contribution in [1.82, 2.24) is 15.3 Å². The first-order valence-electron chi connectivity index (χ1n) is 6.54. The van der Waals surface area contributed by atoms with Crippen LogP contribution in [0.15, 0.2) is 12.4 Å². The van der Waals surface area contributed by atoms with E-state index in [9.17, 15) is 9.59 Å². The van der Waals surface area contributed by atoms with Gasteiger partial charge in [-0.3, -0.25) is 14.6 Å². The van der Waals surface area contributed by atoms with Crippen LogP contribution in [0.4, 0.5) is 0 Å². The summed E-state index contributed by atoms with van der Waals surface area (Å²) < 4.78 is 0. The van der Waals surface area contributed by atoms with E-state index in [1.54, 1.807) is 0 Å². The van der Waals surface area contributed by atoms with Gasteiger partial charge in [0.05, 0.1) is 18.2 Å². The van der Waals surface area contributed by atoms with Gasteiger partial charge in [-0.2, -0.15) is 0 Å². The van der Waals surface area contributed by atoms with Crippen LogP contribution in [0.1, 0.15) is 18.5 Å². The van der Waals surface area contributed by atoms with Crippen molar-refractivity contribution in [3.63, 3.8) is 0 Å². The molecule has 3 rings (SSSR count). The second-order valence-corrected chi connectivity index (χ2v) is 5.73. The number of fused-ring (bicyclic) bond motifs is 1. The van der Waals surface area contributed by atoms with Crippen molar-refractivity contribution >= 4 is 23.5 Å². The van der Waals surface area contributed by atoms with Crippen LogP contribution in [0.25, 0.3) is 0 Å². The first-order valence-corrected chi connectivity index (χ1v) is 6.91. The molecule has 2 aliphatic rings. The van der Waals surface area contributed by atoms with Crippen LogP contribution in [0.3, 0.4) is 0 Å². The van der Waals surface area contributed by atoms with E-state index >= 15 is 0 Å². The van der Waals surface area contributed by atoms with Crippen LogP contribution in [0.2, 0.25) is 5.15 Å². The summed E-state index contributed by atoms with van der Waals surface area (Å²) in [5.74, 6) is -0.732. The average molecular weight is 296 g/mol. The Hall–Kier alpha value is -1.69. The third-order valence-electron chi connectivity index (χ3n) is 4.25. The zero-order valence-corrected chi connectivity index (χ0v) is 11.4. The molecule has 106 valence electrons. The summed E-state index contributed by atoms with van der Waals surface area (Å²) in [5.41, 5.74) is 0.536. The maximum absolute atomic E-state index is 12.0. The van der Waals surface area contributed by atoms with Gasteiger partial charge in [0.15, 0.2) is 5.15 Å². The molecule has 1 heterocycles. The lowest BCUT2D eigenvalue weighted by Gasteiger charge is -2.13. The zero-order valence-electron chi connectivity index (χ0n) is 10.6. The molecule has 2 aliphatic carbocycles. The van der Waals surface area contributed by atoms with E-state index in [4.69, 9.17) is 16.7 Å². The molecular weight excluding hydrogens is 282 g/mol. The molecule has 2 atom stereocenters. The molecule has 1 aromatic rings. The molecule has 2 saturated carbocycles. The van der Waals surface area contributed by atoms with Crippen molar-refractivity contribution in [1.29, 1.82) is 0 Å². The first kappa shape index (κ1) is 13.3. The van der Waals surface area contributed by atoms with E-state index in [1.807, 2.05) is 0 Å². The van der Waals surface area contributed by atoms with Crippen LogP contribution in [0, 0.1) is 23.7 Å². The van der Waals surface area contributed by atoms with Gasteiger partial charge in [0.1, 0.15) is 0 Å². The molecule has 7 heteroatoms.